The largest absolute Gasteiger partial charge is 0.493 e. The van der Waals surface area contributed by atoms with E-state index in [1.807, 2.05) is 12.1 Å². The Bertz CT molecular complexity index is 1320. The molecule has 0 saturated carbocycles. The maximum atomic E-state index is 5.50. The average molecular weight is 471 g/mol. The standard InChI is InChI=1S/C29H34N4O2/c1-20(2)32-14-16-33(17-15-32)24-10-6-21(7-11-24)25-12-8-23-18-26(31(3)29(23)30-25)22-9-13-27(34-4)28(19-22)35-5/h6-13,18-20H,14-17H2,1-5H3. The van der Waals surface area contributed by atoms with Gasteiger partial charge in [-0.15, -0.1) is 0 Å². The van der Waals surface area contributed by atoms with E-state index in [9.17, 15) is 0 Å². The zero-order chi connectivity index (χ0) is 24.5. The normalized spacial score (nSPS) is 14.6. The molecule has 6 nitrogen and oxygen atoms in total. The van der Waals surface area contributed by atoms with Gasteiger partial charge in [0.15, 0.2) is 11.5 Å². The lowest BCUT2D eigenvalue weighted by Crippen LogP contribution is -2.48. The average Bonchev–Trinajstić information content (AvgIpc) is 3.24. The fraction of sp³-hybridized carbons (Fsp3) is 0.345. The molecule has 5 rings (SSSR count). The molecule has 0 amide bonds. The molecular weight excluding hydrogens is 436 g/mol. The van der Waals surface area contributed by atoms with Crippen LogP contribution in [-0.2, 0) is 7.05 Å². The lowest BCUT2D eigenvalue weighted by Gasteiger charge is -2.38. The maximum absolute atomic E-state index is 5.50. The molecule has 0 atom stereocenters. The number of aryl methyl sites for hydroxylation is 1. The first kappa shape index (κ1) is 23.2. The minimum atomic E-state index is 0.616. The van der Waals surface area contributed by atoms with Crippen LogP contribution in [0.3, 0.4) is 0 Å². The van der Waals surface area contributed by atoms with Crippen LogP contribution in [0.25, 0.3) is 33.5 Å². The number of methoxy groups -OCH3 is 2. The number of nitrogens with zero attached hydrogens (tertiary/aromatic N) is 4. The van der Waals surface area contributed by atoms with Crippen molar-refractivity contribution in [3.63, 3.8) is 0 Å². The number of ether oxygens (including phenoxy) is 2. The summed E-state index contributed by atoms with van der Waals surface area (Å²) < 4.78 is 13.0. The number of fused-ring (bicyclic) bond motifs is 1. The molecule has 1 fully saturated rings. The van der Waals surface area contributed by atoms with Crippen LogP contribution in [-0.4, -0.2) is 60.9 Å². The van der Waals surface area contributed by atoms with E-state index in [0.717, 1.165) is 71.2 Å². The van der Waals surface area contributed by atoms with Gasteiger partial charge >= 0.3 is 0 Å². The third-order valence-electron chi connectivity index (χ3n) is 7.13. The highest BCUT2D eigenvalue weighted by atomic mass is 16.5. The molecule has 1 aliphatic heterocycles. The third kappa shape index (κ3) is 4.46. The molecule has 0 spiro atoms. The number of piperazine rings is 1. The van der Waals surface area contributed by atoms with Gasteiger partial charge in [-0.2, -0.15) is 0 Å². The second-order valence-electron chi connectivity index (χ2n) is 9.43. The van der Waals surface area contributed by atoms with E-state index in [1.54, 1.807) is 14.2 Å². The highest BCUT2D eigenvalue weighted by Gasteiger charge is 2.19. The summed E-state index contributed by atoms with van der Waals surface area (Å²) in [4.78, 5) is 10.0. The summed E-state index contributed by atoms with van der Waals surface area (Å²) >= 11 is 0. The number of benzene rings is 2. The van der Waals surface area contributed by atoms with Crippen LogP contribution >= 0.6 is 0 Å². The summed E-state index contributed by atoms with van der Waals surface area (Å²) in [7, 11) is 5.37. The predicted octanol–water partition coefficient (Wildman–Crippen LogP) is 5.45. The summed E-state index contributed by atoms with van der Waals surface area (Å²) in [5, 5.41) is 1.11. The predicted molar refractivity (Wildman–Crippen MR) is 144 cm³/mol. The van der Waals surface area contributed by atoms with E-state index in [1.165, 1.54) is 5.69 Å². The molecule has 2 aromatic carbocycles. The fourth-order valence-corrected chi connectivity index (χ4v) is 4.97. The molecule has 3 heterocycles. The van der Waals surface area contributed by atoms with Gasteiger partial charge in [0.2, 0.25) is 0 Å². The van der Waals surface area contributed by atoms with Crippen LogP contribution in [0.5, 0.6) is 11.5 Å². The smallest absolute Gasteiger partial charge is 0.161 e. The monoisotopic (exact) mass is 470 g/mol. The lowest BCUT2D eigenvalue weighted by atomic mass is 10.1. The number of pyridine rings is 1. The minimum absolute atomic E-state index is 0.616. The molecule has 2 aromatic heterocycles. The second-order valence-corrected chi connectivity index (χ2v) is 9.43. The van der Waals surface area contributed by atoms with Gasteiger partial charge in [-0.1, -0.05) is 12.1 Å². The van der Waals surface area contributed by atoms with E-state index >= 15 is 0 Å². The summed E-state index contributed by atoms with van der Waals surface area (Å²) in [6.45, 7) is 8.94. The molecule has 0 radical (unpaired) electrons. The third-order valence-corrected chi connectivity index (χ3v) is 7.13. The zero-order valence-corrected chi connectivity index (χ0v) is 21.3. The summed E-state index contributed by atoms with van der Waals surface area (Å²) in [5.41, 5.74) is 6.50. The Balaban J connectivity index is 1.40. The van der Waals surface area contributed by atoms with E-state index in [-0.39, 0.29) is 0 Å². The molecule has 0 N–H and O–H groups in total. The lowest BCUT2D eigenvalue weighted by molar-refractivity contribution is 0.209. The highest BCUT2D eigenvalue weighted by molar-refractivity contribution is 5.86. The van der Waals surface area contributed by atoms with Gasteiger partial charge in [0.1, 0.15) is 5.65 Å². The van der Waals surface area contributed by atoms with Gasteiger partial charge in [0.25, 0.3) is 0 Å². The van der Waals surface area contributed by atoms with Crippen molar-refractivity contribution in [2.45, 2.75) is 19.9 Å². The van der Waals surface area contributed by atoms with Crippen LogP contribution < -0.4 is 14.4 Å². The van der Waals surface area contributed by atoms with E-state index < -0.39 is 0 Å². The van der Waals surface area contributed by atoms with Crippen molar-refractivity contribution in [3.05, 3.63) is 60.7 Å². The van der Waals surface area contributed by atoms with Crippen molar-refractivity contribution in [2.75, 3.05) is 45.3 Å². The van der Waals surface area contributed by atoms with Crippen LogP contribution in [0.2, 0.25) is 0 Å². The van der Waals surface area contributed by atoms with Crippen LogP contribution in [0.1, 0.15) is 13.8 Å². The highest BCUT2D eigenvalue weighted by Crippen LogP contribution is 2.35. The molecule has 0 aliphatic carbocycles. The molecule has 1 aliphatic rings. The molecule has 6 heteroatoms. The van der Waals surface area contributed by atoms with Gasteiger partial charge in [-0.05, 0) is 62.4 Å². The van der Waals surface area contributed by atoms with Gasteiger partial charge < -0.3 is 18.9 Å². The van der Waals surface area contributed by atoms with Gasteiger partial charge in [0, 0.05) is 61.5 Å². The molecule has 0 unspecified atom stereocenters. The van der Waals surface area contributed by atoms with E-state index in [0.29, 0.717) is 6.04 Å². The first-order valence-electron chi connectivity index (χ1n) is 12.3. The second kappa shape index (κ2) is 9.62. The van der Waals surface area contributed by atoms with Gasteiger partial charge in [-0.3, -0.25) is 4.90 Å². The van der Waals surface area contributed by atoms with Crippen molar-refractivity contribution in [1.82, 2.24) is 14.5 Å². The van der Waals surface area contributed by atoms with Crippen LogP contribution in [0.4, 0.5) is 5.69 Å². The number of hydrogen-bond acceptors (Lipinski definition) is 5. The number of hydrogen-bond donors (Lipinski definition) is 0. The molecule has 1 saturated heterocycles. The first-order valence-corrected chi connectivity index (χ1v) is 12.3. The van der Waals surface area contributed by atoms with Crippen molar-refractivity contribution in [3.8, 4) is 34.0 Å². The van der Waals surface area contributed by atoms with E-state index in [4.69, 9.17) is 14.5 Å². The van der Waals surface area contributed by atoms with Crippen LogP contribution in [0, 0.1) is 0 Å². The SMILES string of the molecule is COc1ccc(-c2cc3ccc(-c4ccc(N5CCN(C(C)C)CC5)cc4)nc3n2C)cc1OC. The Labute approximate surface area is 207 Å². The Morgan fingerprint density at radius 1 is 0.771 bits per heavy atom. The first-order chi connectivity index (χ1) is 17.0. The topological polar surface area (TPSA) is 42.8 Å². The molecule has 35 heavy (non-hydrogen) atoms. The van der Waals surface area contributed by atoms with Crippen molar-refractivity contribution >= 4 is 16.7 Å². The quantitative estimate of drug-likeness (QED) is 0.375. The summed E-state index contributed by atoms with van der Waals surface area (Å²) in [5.74, 6) is 1.44. The summed E-state index contributed by atoms with van der Waals surface area (Å²) in [6, 6.07) is 21.9. The van der Waals surface area contributed by atoms with Crippen molar-refractivity contribution in [1.29, 1.82) is 0 Å². The van der Waals surface area contributed by atoms with E-state index in [2.05, 4.69) is 83.8 Å². The molecule has 182 valence electrons. The minimum Gasteiger partial charge on any atom is -0.493 e. The van der Waals surface area contributed by atoms with Gasteiger partial charge in [0.05, 0.1) is 25.6 Å². The number of aromatic nitrogens is 2. The van der Waals surface area contributed by atoms with Crippen molar-refractivity contribution in [2.24, 2.45) is 7.05 Å². The van der Waals surface area contributed by atoms with Crippen molar-refractivity contribution < 1.29 is 9.47 Å². The Morgan fingerprint density at radius 3 is 2.11 bits per heavy atom. The number of anilines is 1. The molecular formula is C29H34N4O2. The maximum Gasteiger partial charge on any atom is 0.161 e. The Kier molecular flexibility index (Phi) is 6.39. The Hall–Kier alpha value is -3.51. The number of rotatable bonds is 6. The van der Waals surface area contributed by atoms with Gasteiger partial charge in [-0.25, -0.2) is 4.98 Å². The fourth-order valence-electron chi connectivity index (χ4n) is 4.97. The Morgan fingerprint density at radius 2 is 1.46 bits per heavy atom. The summed E-state index contributed by atoms with van der Waals surface area (Å²) in [6.07, 6.45) is 0. The van der Waals surface area contributed by atoms with Crippen LogP contribution in [0.15, 0.2) is 60.7 Å². The molecule has 4 aromatic rings. The molecule has 0 bridgehead atoms. The zero-order valence-electron chi connectivity index (χ0n) is 21.3.